The quantitative estimate of drug-likeness (QED) is 0.305. The number of nitriles is 1. The summed E-state index contributed by atoms with van der Waals surface area (Å²) in [6.07, 6.45) is 1.78. The predicted octanol–water partition coefficient (Wildman–Crippen LogP) is 3.62. The van der Waals surface area contributed by atoms with Gasteiger partial charge in [0.25, 0.3) is 0 Å². The first-order valence-electron chi connectivity index (χ1n) is 6.40. The van der Waals surface area contributed by atoms with Gasteiger partial charge in [-0.25, -0.2) is 0 Å². The van der Waals surface area contributed by atoms with Crippen LogP contribution in [0, 0.1) is 24.3 Å². The van der Waals surface area contributed by atoms with Crippen molar-refractivity contribution in [2.24, 2.45) is 0 Å². The van der Waals surface area contributed by atoms with Crippen LogP contribution in [0.1, 0.15) is 11.3 Å². The molecule has 4 aromatic rings. The van der Waals surface area contributed by atoms with Crippen molar-refractivity contribution in [1.29, 1.82) is 5.26 Å². The number of fused-ring (bicyclic) bond motifs is 6. The van der Waals surface area contributed by atoms with Gasteiger partial charge in [0, 0.05) is 31.8 Å². The van der Waals surface area contributed by atoms with Crippen LogP contribution in [0.3, 0.4) is 0 Å². The Kier molecular flexibility index (Phi) is 3.25. The van der Waals surface area contributed by atoms with E-state index in [0.29, 0.717) is 5.69 Å². The maximum Gasteiger partial charge on any atom is 0.148 e. The third kappa shape index (κ3) is 1.94. The number of rotatable bonds is 0. The summed E-state index contributed by atoms with van der Waals surface area (Å²) in [5.74, 6) is 0. The smallest absolute Gasteiger partial charge is 0.148 e. The first kappa shape index (κ1) is 13.8. The van der Waals surface area contributed by atoms with Crippen LogP contribution in [0.25, 0.3) is 27.3 Å². The van der Waals surface area contributed by atoms with Crippen molar-refractivity contribution in [3.8, 4) is 6.07 Å². The van der Waals surface area contributed by atoms with E-state index in [0.717, 1.165) is 27.3 Å². The fraction of sp³-hybridized carbons (Fsp3) is 0.0588. The molecule has 0 saturated heterocycles. The van der Waals surface area contributed by atoms with Gasteiger partial charge in [0.05, 0.1) is 5.65 Å². The second-order valence-electron chi connectivity index (χ2n) is 4.91. The van der Waals surface area contributed by atoms with Crippen LogP contribution in [0.4, 0.5) is 0 Å². The van der Waals surface area contributed by atoms with Gasteiger partial charge in [-0.15, -0.1) is 29.7 Å². The maximum atomic E-state index is 9.09. The van der Waals surface area contributed by atoms with E-state index in [1.165, 1.54) is 5.56 Å². The molecule has 2 aromatic carbocycles. The molecule has 0 aliphatic heterocycles. The summed E-state index contributed by atoms with van der Waals surface area (Å²) in [7, 11) is 0. The molecule has 103 valence electrons. The molecule has 0 fully saturated rings. The fourth-order valence-corrected chi connectivity index (χ4v) is 2.72. The van der Waals surface area contributed by atoms with Crippen LogP contribution in [-0.2, 0) is 20.1 Å². The Morgan fingerprint density at radius 1 is 1.24 bits per heavy atom. The number of hydrogen-bond acceptors (Lipinski definition) is 2. The van der Waals surface area contributed by atoms with Gasteiger partial charge in [0.2, 0.25) is 0 Å². The van der Waals surface area contributed by atoms with Crippen molar-refractivity contribution < 1.29 is 20.1 Å². The van der Waals surface area contributed by atoms with E-state index in [1.807, 2.05) is 16.5 Å². The molecule has 0 atom stereocenters. The largest absolute Gasteiger partial charge is 0.339 e. The van der Waals surface area contributed by atoms with Crippen LogP contribution < -0.4 is 0 Å². The molecule has 0 aliphatic carbocycles. The molecular weight excluding hydrogens is 438 g/mol. The minimum Gasteiger partial charge on any atom is -0.339 e. The zero-order chi connectivity index (χ0) is 13.7. The van der Waals surface area contributed by atoms with Crippen LogP contribution in [0.5, 0.6) is 0 Å². The molecule has 0 bridgehead atoms. The fourth-order valence-electron chi connectivity index (χ4n) is 2.72. The van der Waals surface area contributed by atoms with Crippen LogP contribution in [0.2, 0.25) is 0 Å². The predicted molar refractivity (Wildman–Crippen MR) is 78.5 cm³/mol. The standard InChI is InChI=1S/C17H10N3.Ir/c1-11-6-7-16-15(8-11)13-4-2-3-5-14(13)17-19-12(9-18)10-20(16)17;/h2-4,6-8,10H,1H3;/q-1;. The van der Waals surface area contributed by atoms with Gasteiger partial charge in [-0.3, -0.25) is 4.98 Å². The van der Waals surface area contributed by atoms with E-state index in [-0.39, 0.29) is 20.1 Å². The molecule has 0 amide bonds. The zero-order valence-corrected chi connectivity index (χ0v) is 13.6. The normalized spacial score (nSPS) is 10.7. The molecule has 0 N–H and O–H groups in total. The second-order valence-corrected chi connectivity index (χ2v) is 4.91. The van der Waals surface area contributed by atoms with Gasteiger partial charge in [0.1, 0.15) is 11.8 Å². The van der Waals surface area contributed by atoms with Gasteiger partial charge in [-0.1, -0.05) is 23.1 Å². The van der Waals surface area contributed by atoms with E-state index in [9.17, 15) is 0 Å². The summed E-state index contributed by atoms with van der Waals surface area (Å²) in [5.41, 5.74) is 3.49. The average molecular weight is 449 g/mol. The number of hydrogen-bond donors (Lipinski definition) is 0. The van der Waals surface area contributed by atoms with E-state index >= 15 is 0 Å². The molecule has 21 heavy (non-hydrogen) atoms. The number of pyridine rings is 1. The Labute approximate surface area is 135 Å². The molecule has 0 aliphatic rings. The van der Waals surface area contributed by atoms with Crippen LogP contribution in [-0.4, -0.2) is 9.38 Å². The number of aromatic nitrogens is 2. The molecule has 3 nitrogen and oxygen atoms in total. The number of benzene rings is 2. The minimum absolute atomic E-state index is 0. The Hall–Kier alpha value is -2.21. The molecule has 0 saturated carbocycles. The third-order valence-corrected chi connectivity index (χ3v) is 3.60. The van der Waals surface area contributed by atoms with Gasteiger partial charge in [-0.2, -0.15) is 5.26 Å². The SMILES string of the molecule is Cc1ccc2c(c1)c1ccc[c-]c1c1nc(C#N)cn21.[Ir]. The Bertz CT molecular complexity index is 1020. The van der Waals surface area contributed by atoms with E-state index in [4.69, 9.17) is 5.26 Å². The van der Waals surface area contributed by atoms with Crippen molar-refractivity contribution in [3.63, 3.8) is 0 Å². The summed E-state index contributed by atoms with van der Waals surface area (Å²) in [4.78, 5) is 4.40. The first-order chi connectivity index (χ1) is 9.78. The number of imidazole rings is 1. The van der Waals surface area contributed by atoms with Crippen molar-refractivity contribution in [1.82, 2.24) is 9.38 Å². The molecule has 0 spiro atoms. The summed E-state index contributed by atoms with van der Waals surface area (Å²) in [5, 5.41) is 12.3. The van der Waals surface area contributed by atoms with Gasteiger partial charge in [-0.05, 0) is 18.4 Å². The molecular formula is C17H10IrN3-. The Morgan fingerprint density at radius 2 is 2.10 bits per heavy atom. The summed E-state index contributed by atoms with van der Waals surface area (Å²) < 4.78 is 1.98. The number of aryl methyl sites for hydroxylation is 1. The Morgan fingerprint density at radius 3 is 2.90 bits per heavy atom. The molecule has 0 unspecified atom stereocenters. The van der Waals surface area contributed by atoms with E-state index < -0.39 is 0 Å². The van der Waals surface area contributed by atoms with Crippen molar-refractivity contribution in [3.05, 3.63) is 59.9 Å². The van der Waals surface area contributed by atoms with Gasteiger partial charge < -0.3 is 4.40 Å². The maximum absolute atomic E-state index is 9.09. The minimum atomic E-state index is 0. The van der Waals surface area contributed by atoms with Crippen molar-refractivity contribution >= 4 is 27.3 Å². The van der Waals surface area contributed by atoms with Crippen molar-refractivity contribution in [2.45, 2.75) is 6.92 Å². The molecule has 4 heteroatoms. The van der Waals surface area contributed by atoms with Crippen LogP contribution >= 0.6 is 0 Å². The summed E-state index contributed by atoms with van der Waals surface area (Å²) >= 11 is 0. The second kappa shape index (κ2) is 4.96. The molecule has 4 rings (SSSR count). The van der Waals surface area contributed by atoms with Gasteiger partial charge >= 0.3 is 0 Å². The molecule has 2 aromatic heterocycles. The van der Waals surface area contributed by atoms with E-state index in [2.05, 4.69) is 48.3 Å². The first-order valence-corrected chi connectivity index (χ1v) is 6.40. The van der Waals surface area contributed by atoms with Gasteiger partial charge in [0.15, 0.2) is 0 Å². The van der Waals surface area contributed by atoms with Crippen LogP contribution in [0.15, 0.2) is 42.6 Å². The Balaban J connectivity index is 0.00000132. The summed E-state index contributed by atoms with van der Waals surface area (Å²) in [6, 6.07) is 17.6. The summed E-state index contributed by atoms with van der Waals surface area (Å²) in [6.45, 7) is 2.08. The molecule has 1 radical (unpaired) electrons. The average Bonchev–Trinajstić information content (AvgIpc) is 2.92. The van der Waals surface area contributed by atoms with E-state index in [1.54, 1.807) is 6.20 Å². The topological polar surface area (TPSA) is 41.1 Å². The monoisotopic (exact) mass is 449 g/mol. The molecule has 2 heterocycles. The third-order valence-electron chi connectivity index (χ3n) is 3.60. The van der Waals surface area contributed by atoms with Crippen molar-refractivity contribution in [2.75, 3.05) is 0 Å². The zero-order valence-electron chi connectivity index (χ0n) is 11.2. The number of nitrogens with zero attached hydrogens (tertiary/aromatic N) is 3.